The molecule has 3 aliphatic rings. The minimum atomic E-state index is -0.0935. The Hall–Kier alpha value is -2.08. The average molecular weight is 514 g/mol. The van der Waals surface area contributed by atoms with Gasteiger partial charge < -0.3 is 15.1 Å². The Morgan fingerprint density at radius 3 is 2.53 bits per heavy atom. The SMILES string of the molecule is [B][C@]1(C2CN(c3ncc(C(C)CC)c(N[C@H](C)c4ccc(C)cc4C)n3)C2)CCCN(C2CC(C)(C)C2)C1. The van der Waals surface area contributed by atoms with Crippen LogP contribution in [0.4, 0.5) is 11.8 Å². The van der Waals surface area contributed by atoms with Gasteiger partial charge in [-0.15, -0.1) is 0 Å². The van der Waals surface area contributed by atoms with E-state index in [0.717, 1.165) is 50.3 Å². The van der Waals surface area contributed by atoms with Gasteiger partial charge in [-0.25, -0.2) is 4.98 Å². The van der Waals surface area contributed by atoms with Crippen molar-refractivity contribution in [3.63, 3.8) is 0 Å². The Labute approximate surface area is 232 Å². The molecule has 2 saturated heterocycles. The van der Waals surface area contributed by atoms with Crippen LogP contribution in [0.25, 0.3) is 0 Å². The van der Waals surface area contributed by atoms with Crippen molar-refractivity contribution in [1.29, 1.82) is 0 Å². The van der Waals surface area contributed by atoms with Gasteiger partial charge in [-0.2, -0.15) is 4.98 Å². The zero-order valence-corrected chi connectivity index (χ0v) is 24.8. The molecule has 1 N–H and O–H groups in total. The van der Waals surface area contributed by atoms with Crippen molar-refractivity contribution < 1.29 is 0 Å². The highest BCUT2D eigenvalue weighted by Crippen LogP contribution is 2.50. The van der Waals surface area contributed by atoms with Crippen LogP contribution < -0.4 is 10.2 Å². The molecule has 1 unspecified atom stereocenters. The molecule has 1 aromatic carbocycles. The highest BCUT2D eigenvalue weighted by molar-refractivity contribution is 6.16. The number of nitrogens with one attached hydrogen (secondary N) is 1. The summed E-state index contributed by atoms with van der Waals surface area (Å²) in [6, 6.07) is 7.60. The molecule has 0 spiro atoms. The largest absolute Gasteiger partial charge is 0.363 e. The highest BCUT2D eigenvalue weighted by Gasteiger charge is 2.48. The summed E-state index contributed by atoms with van der Waals surface area (Å²) >= 11 is 0. The summed E-state index contributed by atoms with van der Waals surface area (Å²) in [5.74, 6) is 2.71. The minimum Gasteiger partial charge on any atom is -0.363 e. The second kappa shape index (κ2) is 10.5. The van der Waals surface area contributed by atoms with E-state index in [0.29, 0.717) is 17.3 Å². The van der Waals surface area contributed by atoms with Crippen LogP contribution in [0.1, 0.15) is 101 Å². The lowest BCUT2D eigenvalue weighted by Gasteiger charge is -2.57. The Balaban J connectivity index is 1.28. The van der Waals surface area contributed by atoms with Crippen LogP contribution in [-0.4, -0.2) is 54.9 Å². The number of nitrogens with zero attached hydrogens (tertiary/aromatic N) is 4. The third-order valence-electron chi connectivity index (χ3n) is 9.85. The predicted octanol–water partition coefficient (Wildman–Crippen LogP) is 6.83. The van der Waals surface area contributed by atoms with E-state index in [-0.39, 0.29) is 11.4 Å². The molecular weight excluding hydrogens is 465 g/mol. The van der Waals surface area contributed by atoms with E-state index in [2.05, 4.69) is 88.0 Å². The number of likely N-dealkylation sites (tertiary alicyclic amines) is 1. The second-order valence-electron chi connectivity index (χ2n) is 13.6. The fraction of sp³-hybridized carbons (Fsp3) is 0.688. The van der Waals surface area contributed by atoms with E-state index < -0.39 is 0 Å². The number of hydrogen-bond donors (Lipinski definition) is 1. The average Bonchev–Trinajstić information content (AvgIpc) is 2.81. The molecule has 3 fully saturated rings. The van der Waals surface area contributed by atoms with Gasteiger partial charge in [0.2, 0.25) is 5.95 Å². The van der Waals surface area contributed by atoms with Gasteiger partial charge in [0.05, 0.1) is 13.9 Å². The maximum absolute atomic E-state index is 7.12. The first-order valence-corrected chi connectivity index (χ1v) is 15.0. The van der Waals surface area contributed by atoms with E-state index in [1.54, 1.807) is 0 Å². The molecule has 0 amide bonds. The summed E-state index contributed by atoms with van der Waals surface area (Å²) in [6.45, 7) is 20.0. The molecule has 1 saturated carbocycles. The van der Waals surface area contributed by atoms with Crippen molar-refractivity contribution >= 4 is 19.6 Å². The van der Waals surface area contributed by atoms with E-state index in [9.17, 15) is 0 Å². The van der Waals surface area contributed by atoms with Crippen molar-refractivity contribution in [2.24, 2.45) is 11.3 Å². The Morgan fingerprint density at radius 1 is 1.13 bits per heavy atom. The van der Waals surface area contributed by atoms with E-state index in [1.165, 1.54) is 48.1 Å². The van der Waals surface area contributed by atoms with Crippen LogP contribution in [0, 0.1) is 25.2 Å². The monoisotopic (exact) mass is 513 g/mol. The maximum Gasteiger partial charge on any atom is 0.227 e. The van der Waals surface area contributed by atoms with E-state index >= 15 is 0 Å². The smallest absolute Gasteiger partial charge is 0.227 e. The van der Waals surface area contributed by atoms with Crippen molar-refractivity contribution in [2.45, 2.75) is 104 Å². The van der Waals surface area contributed by atoms with Gasteiger partial charge in [0, 0.05) is 30.9 Å². The Morgan fingerprint density at radius 2 is 1.87 bits per heavy atom. The molecule has 6 heteroatoms. The molecule has 204 valence electrons. The van der Waals surface area contributed by atoms with Crippen LogP contribution >= 0.6 is 0 Å². The van der Waals surface area contributed by atoms with Gasteiger partial charge in [0.15, 0.2) is 0 Å². The minimum absolute atomic E-state index is 0.0935. The summed E-state index contributed by atoms with van der Waals surface area (Å²) in [5.41, 5.74) is 5.64. The van der Waals surface area contributed by atoms with Crippen LogP contribution in [0.2, 0.25) is 5.31 Å². The van der Waals surface area contributed by atoms with Crippen molar-refractivity contribution in [2.75, 3.05) is 36.4 Å². The lowest BCUT2D eigenvalue weighted by Crippen LogP contribution is -2.59. The molecular formula is C32H48BN5. The molecule has 1 aliphatic carbocycles. The lowest BCUT2D eigenvalue weighted by molar-refractivity contribution is -0.00474. The third-order valence-corrected chi connectivity index (χ3v) is 9.85. The van der Waals surface area contributed by atoms with Crippen LogP contribution in [0.5, 0.6) is 0 Å². The zero-order chi connectivity index (χ0) is 27.2. The standard InChI is InChI=1S/C32H48BN5/c1-8-22(3)28-17-34-30(36-29(28)35-24(5)27-11-10-21(2)14-23(27)4)38-18-25(19-38)32(33)12-9-13-37(20-32)26-15-31(6,7)16-26/h10-11,14,17,22,24-26H,8-9,12-13,15-16,18-20H2,1-7H3,(H,34,35,36)/t22?,24-,32-/m1/s1. The van der Waals surface area contributed by atoms with Gasteiger partial charge in [0.1, 0.15) is 5.82 Å². The summed E-state index contributed by atoms with van der Waals surface area (Å²) in [4.78, 5) is 15.0. The maximum atomic E-state index is 7.12. The Bertz CT molecular complexity index is 1130. The topological polar surface area (TPSA) is 44.3 Å². The van der Waals surface area contributed by atoms with Gasteiger partial charge in [0.25, 0.3) is 0 Å². The predicted molar refractivity (Wildman–Crippen MR) is 160 cm³/mol. The summed E-state index contributed by atoms with van der Waals surface area (Å²) in [5, 5.41) is 3.66. The van der Waals surface area contributed by atoms with Crippen LogP contribution in [0.15, 0.2) is 24.4 Å². The first kappa shape index (κ1) is 27.5. The van der Waals surface area contributed by atoms with Crippen molar-refractivity contribution in [3.8, 4) is 0 Å². The molecule has 2 aliphatic heterocycles. The number of aryl methyl sites for hydroxylation is 2. The number of aromatic nitrogens is 2. The number of hydrogen-bond acceptors (Lipinski definition) is 5. The third kappa shape index (κ3) is 5.48. The molecule has 2 aromatic rings. The summed E-state index contributed by atoms with van der Waals surface area (Å²) in [6.07, 6.45) is 8.09. The van der Waals surface area contributed by atoms with E-state index in [4.69, 9.17) is 17.8 Å². The second-order valence-corrected chi connectivity index (χ2v) is 13.6. The molecule has 5 rings (SSSR count). The van der Waals surface area contributed by atoms with E-state index in [1.807, 2.05) is 0 Å². The molecule has 3 atom stereocenters. The van der Waals surface area contributed by atoms with Crippen LogP contribution in [0.3, 0.4) is 0 Å². The highest BCUT2D eigenvalue weighted by atomic mass is 15.3. The summed E-state index contributed by atoms with van der Waals surface area (Å²) in [7, 11) is 7.12. The molecule has 5 nitrogen and oxygen atoms in total. The first-order chi connectivity index (χ1) is 18.0. The fourth-order valence-corrected chi connectivity index (χ4v) is 7.10. The number of piperidine rings is 1. The molecule has 1 aromatic heterocycles. The van der Waals surface area contributed by atoms with Crippen molar-refractivity contribution in [1.82, 2.24) is 14.9 Å². The molecule has 2 radical (unpaired) electrons. The molecule has 0 bridgehead atoms. The summed E-state index contributed by atoms with van der Waals surface area (Å²) < 4.78 is 0. The van der Waals surface area contributed by atoms with Gasteiger partial charge >= 0.3 is 0 Å². The first-order valence-electron chi connectivity index (χ1n) is 15.0. The number of anilines is 2. The fourth-order valence-electron chi connectivity index (χ4n) is 7.10. The zero-order valence-electron chi connectivity index (χ0n) is 24.8. The van der Waals surface area contributed by atoms with Gasteiger partial charge in [-0.05, 0) is 93.2 Å². The number of benzene rings is 1. The molecule has 3 heterocycles. The normalized spacial score (nSPS) is 25.9. The number of rotatable bonds is 8. The van der Waals surface area contributed by atoms with Gasteiger partial charge in [-0.1, -0.05) is 57.9 Å². The Kier molecular flexibility index (Phi) is 7.58. The van der Waals surface area contributed by atoms with Gasteiger partial charge in [-0.3, -0.25) is 0 Å². The molecule has 38 heavy (non-hydrogen) atoms. The van der Waals surface area contributed by atoms with Crippen LogP contribution in [-0.2, 0) is 0 Å². The lowest BCUT2D eigenvalue weighted by atomic mass is 9.54. The quantitative estimate of drug-likeness (QED) is 0.392. The van der Waals surface area contributed by atoms with Crippen molar-refractivity contribution in [3.05, 3.63) is 46.6 Å².